The van der Waals surface area contributed by atoms with Gasteiger partial charge in [-0.15, -0.1) is 0 Å². The molecular weight excluding hydrogens is 284 g/mol. The molecule has 2 atom stereocenters. The van der Waals surface area contributed by atoms with Gasteiger partial charge in [-0.3, -0.25) is 9.48 Å². The summed E-state index contributed by atoms with van der Waals surface area (Å²) >= 11 is 1.93. The van der Waals surface area contributed by atoms with Crippen molar-refractivity contribution >= 4 is 23.4 Å². The van der Waals surface area contributed by atoms with Crippen molar-refractivity contribution in [2.24, 2.45) is 7.05 Å². The fourth-order valence-corrected chi connectivity index (χ4v) is 3.25. The zero-order chi connectivity index (χ0) is 15.6. The van der Waals surface area contributed by atoms with Crippen LogP contribution in [0.5, 0.6) is 0 Å². The first-order valence-corrected chi connectivity index (χ1v) is 8.45. The van der Waals surface area contributed by atoms with Crippen molar-refractivity contribution in [3.63, 3.8) is 0 Å². The van der Waals surface area contributed by atoms with Crippen molar-refractivity contribution in [1.29, 1.82) is 0 Å². The third-order valence-electron chi connectivity index (χ3n) is 3.46. The number of aryl methyl sites for hydroxylation is 1. The van der Waals surface area contributed by atoms with Gasteiger partial charge in [0.05, 0.1) is 17.9 Å². The molecule has 1 aromatic heterocycles. The molecule has 1 fully saturated rings. The topological polar surface area (TPSA) is 50.2 Å². The summed E-state index contributed by atoms with van der Waals surface area (Å²) in [6.07, 6.45) is 4.50. The molecule has 0 aromatic carbocycles. The van der Waals surface area contributed by atoms with Crippen molar-refractivity contribution in [2.75, 3.05) is 17.2 Å². The van der Waals surface area contributed by atoms with Gasteiger partial charge in [0, 0.05) is 36.3 Å². The van der Waals surface area contributed by atoms with Crippen LogP contribution in [-0.4, -0.2) is 44.8 Å². The molecule has 1 aromatic rings. The van der Waals surface area contributed by atoms with Gasteiger partial charge in [0.2, 0.25) is 5.91 Å². The zero-order valence-electron chi connectivity index (χ0n) is 13.6. The monoisotopic (exact) mass is 310 g/mol. The van der Waals surface area contributed by atoms with E-state index < -0.39 is 0 Å². The van der Waals surface area contributed by atoms with Crippen LogP contribution >= 0.6 is 11.8 Å². The molecule has 0 aliphatic carbocycles. The molecule has 0 unspecified atom stereocenters. The quantitative estimate of drug-likeness (QED) is 0.904. The smallest absolute Gasteiger partial charge is 0.244 e. The van der Waals surface area contributed by atoms with Crippen molar-refractivity contribution < 1.29 is 4.79 Å². The summed E-state index contributed by atoms with van der Waals surface area (Å²) in [4.78, 5) is 14.3. The van der Waals surface area contributed by atoms with E-state index in [0.717, 1.165) is 24.4 Å². The Kier molecular flexibility index (Phi) is 4.99. The summed E-state index contributed by atoms with van der Waals surface area (Å²) in [7, 11) is 1.87. The minimum Gasteiger partial charge on any atom is -0.308 e. The van der Waals surface area contributed by atoms with Crippen molar-refractivity contribution in [3.05, 3.63) is 12.4 Å². The number of amides is 1. The summed E-state index contributed by atoms with van der Waals surface area (Å²) in [5.74, 6) is 1.18. The molecule has 1 amide bonds. The van der Waals surface area contributed by atoms with E-state index in [0.29, 0.717) is 6.04 Å². The number of hydrogen-bond acceptors (Lipinski definition) is 4. The van der Waals surface area contributed by atoms with E-state index in [1.807, 2.05) is 29.9 Å². The summed E-state index contributed by atoms with van der Waals surface area (Å²) < 4.78 is 1.99. The summed E-state index contributed by atoms with van der Waals surface area (Å²) in [5.41, 5.74) is 0.892. The number of aromatic nitrogens is 2. The van der Waals surface area contributed by atoms with Crippen LogP contribution in [0.1, 0.15) is 34.1 Å². The second-order valence-corrected chi connectivity index (χ2v) is 8.54. The van der Waals surface area contributed by atoms with Gasteiger partial charge in [-0.2, -0.15) is 16.9 Å². The zero-order valence-corrected chi connectivity index (χ0v) is 14.4. The van der Waals surface area contributed by atoms with Gasteiger partial charge in [0.25, 0.3) is 0 Å². The average Bonchev–Trinajstić information content (AvgIpc) is 2.94. The number of rotatable bonds is 5. The molecule has 0 saturated carbocycles. The highest BCUT2D eigenvalue weighted by Gasteiger charge is 2.33. The normalized spacial score (nSPS) is 21.1. The Balaban J connectivity index is 1.87. The van der Waals surface area contributed by atoms with Crippen LogP contribution in [0.25, 0.3) is 0 Å². The molecule has 0 bridgehead atoms. The van der Waals surface area contributed by atoms with Crippen LogP contribution in [0.15, 0.2) is 12.4 Å². The van der Waals surface area contributed by atoms with Gasteiger partial charge < -0.3 is 10.2 Å². The van der Waals surface area contributed by atoms with Gasteiger partial charge in [0.1, 0.15) is 0 Å². The lowest BCUT2D eigenvalue weighted by Crippen LogP contribution is -2.43. The molecule has 1 saturated heterocycles. The average molecular weight is 310 g/mol. The molecule has 1 N–H and O–H groups in total. The van der Waals surface area contributed by atoms with Crippen LogP contribution in [0, 0.1) is 0 Å². The molecule has 2 heterocycles. The Morgan fingerprint density at radius 1 is 1.52 bits per heavy atom. The van der Waals surface area contributed by atoms with Crippen LogP contribution in [-0.2, 0) is 11.8 Å². The predicted molar refractivity (Wildman–Crippen MR) is 88.8 cm³/mol. The Labute approximate surface area is 131 Å². The maximum atomic E-state index is 12.5. The van der Waals surface area contributed by atoms with Gasteiger partial charge >= 0.3 is 0 Å². The summed E-state index contributed by atoms with van der Waals surface area (Å²) in [6.45, 7) is 9.57. The van der Waals surface area contributed by atoms with E-state index in [4.69, 9.17) is 0 Å². The van der Waals surface area contributed by atoms with Crippen LogP contribution < -0.4 is 10.2 Å². The Hall–Kier alpha value is -1.01. The highest BCUT2D eigenvalue weighted by molar-refractivity contribution is 8.00. The summed E-state index contributed by atoms with van der Waals surface area (Å²) in [6, 6.07) is 0.262. The van der Waals surface area contributed by atoms with Crippen LogP contribution in [0.2, 0.25) is 0 Å². The lowest BCUT2D eigenvalue weighted by molar-refractivity contribution is -0.118. The highest BCUT2D eigenvalue weighted by atomic mass is 32.2. The third-order valence-corrected chi connectivity index (χ3v) is 4.99. The second kappa shape index (κ2) is 6.40. The van der Waals surface area contributed by atoms with E-state index >= 15 is 0 Å². The molecule has 0 spiro atoms. The van der Waals surface area contributed by atoms with Gasteiger partial charge in [0.15, 0.2) is 0 Å². The standard InChI is InChI=1S/C15H26N4OS/c1-11(10-21-15(2,3)4)17-13-6-7-19(14(13)20)12-8-16-18(5)9-12/h8-9,11,13,17H,6-7,10H2,1-5H3/t11-,13+/m1/s1. The van der Waals surface area contributed by atoms with Crippen molar-refractivity contribution in [2.45, 2.75) is 50.9 Å². The molecule has 5 nitrogen and oxygen atoms in total. The molecule has 1 aliphatic heterocycles. The Morgan fingerprint density at radius 2 is 2.24 bits per heavy atom. The van der Waals surface area contributed by atoms with E-state index in [1.165, 1.54) is 0 Å². The molecule has 1 aliphatic rings. The molecule has 118 valence electrons. The number of nitrogens with zero attached hydrogens (tertiary/aromatic N) is 3. The fourth-order valence-electron chi connectivity index (χ4n) is 2.41. The first kappa shape index (κ1) is 16.4. The SMILES string of the molecule is C[C@H](CSC(C)(C)C)N[C@H]1CCN(c2cnn(C)c2)C1=O. The first-order valence-electron chi connectivity index (χ1n) is 7.46. The van der Waals surface area contributed by atoms with Gasteiger partial charge in [-0.25, -0.2) is 0 Å². The van der Waals surface area contributed by atoms with Crippen LogP contribution in [0.4, 0.5) is 5.69 Å². The minimum absolute atomic E-state index is 0.0687. The maximum absolute atomic E-state index is 12.5. The number of nitrogens with one attached hydrogen (secondary N) is 1. The van der Waals surface area contributed by atoms with Gasteiger partial charge in [-0.1, -0.05) is 20.8 Å². The predicted octanol–water partition coefficient (Wildman–Crippen LogP) is 2.04. The largest absolute Gasteiger partial charge is 0.308 e. The fraction of sp³-hybridized carbons (Fsp3) is 0.733. The molecule has 0 radical (unpaired) electrons. The van der Waals surface area contributed by atoms with Gasteiger partial charge in [-0.05, 0) is 13.3 Å². The number of thioether (sulfide) groups is 1. The number of carbonyl (C=O) groups excluding carboxylic acids is 1. The number of carbonyl (C=O) groups is 1. The van der Waals surface area contributed by atoms with Crippen molar-refractivity contribution in [1.82, 2.24) is 15.1 Å². The van der Waals surface area contributed by atoms with E-state index in [2.05, 4.69) is 38.1 Å². The molecule has 6 heteroatoms. The van der Waals surface area contributed by atoms with E-state index in [9.17, 15) is 4.79 Å². The lowest BCUT2D eigenvalue weighted by atomic mass is 10.2. The molecule has 2 rings (SSSR count). The Morgan fingerprint density at radius 3 is 2.81 bits per heavy atom. The number of hydrogen-bond donors (Lipinski definition) is 1. The van der Waals surface area contributed by atoms with E-state index in [-0.39, 0.29) is 16.7 Å². The minimum atomic E-state index is -0.0687. The van der Waals surface area contributed by atoms with Crippen LogP contribution in [0.3, 0.4) is 0 Å². The van der Waals surface area contributed by atoms with E-state index in [1.54, 1.807) is 10.9 Å². The maximum Gasteiger partial charge on any atom is 0.244 e. The number of anilines is 1. The second-order valence-electron chi connectivity index (χ2n) is 6.69. The Bertz CT molecular complexity index is 494. The highest BCUT2D eigenvalue weighted by Crippen LogP contribution is 2.25. The third kappa shape index (κ3) is 4.48. The first-order chi connectivity index (χ1) is 9.76. The summed E-state index contributed by atoms with van der Waals surface area (Å²) in [5, 5.41) is 7.61. The molecule has 21 heavy (non-hydrogen) atoms. The van der Waals surface area contributed by atoms with Crippen molar-refractivity contribution in [3.8, 4) is 0 Å². The lowest BCUT2D eigenvalue weighted by Gasteiger charge is -2.23. The molecular formula is C15H26N4OS.